The summed E-state index contributed by atoms with van der Waals surface area (Å²) in [6, 6.07) is 0. The molecule has 0 aliphatic rings. The van der Waals surface area contributed by atoms with Crippen molar-refractivity contribution in [2.75, 3.05) is 6.61 Å². The van der Waals surface area contributed by atoms with E-state index in [1.807, 2.05) is 0 Å². The third-order valence-corrected chi connectivity index (χ3v) is 3.99. The van der Waals surface area contributed by atoms with Gasteiger partial charge in [0.15, 0.2) is 0 Å². The SMILES string of the molecule is CCCCCCCCCCCCCCCCCC(=O)O.CCO.[Ca+2].[H-].[H-]. The monoisotopic (exact) mass is 372 g/mol. The predicted molar refractivity (Wildman–Crippen MR) is 108 cm³/mol. The van der Waals surface area contributed by atoms with Gasteiger partial charge in [-0.15, -0.1) is 0 Å². The van der Waals surface area contributed by atoms with Crippen LogP contribution in [0, 0.1) is 0 Å². The Morgan fingerprint density at radius 1 is 0.667 bits per heavy atom. The first-order chi connectivity index (χ1) is 11.2. The zero-order valence-corrected chi connectivity index (χ0v) is 18.7. The maximum Gasteiger partial charge on any atom is 2.00 e. The fourth-order valence-corrected chi connectivity index (χ4v) is 2.65. The summed E-state index contributed by atoms with van der Waals surface area (Å²) in [4.78, 5) is 10.3. The molecule has 3 nitrogen and oxygen atoms in total. The number of unbranched alkanes of at least 4 members (excludes halogenated alkanes) is 14. The number of aliphatic hydroxyl groups excluding tert-OH is 1. The Morgan fingerprint density at radius 2 is 0.917 bits per heavy atom. The quantitative estimate of drug-likeness (QED) is 0.251. The van der Waals surface area contributed by atoms with E-state index in [4.69, 9.17) is 10.2 Å². The molecule has 0 amide bonds. The standard InChI is InChI=1S/C18H36O2.C2H6O.Ca.2H/c1-2-3-4-5-6-7-8-9-10-11-12-13-14-15-16-17-18(19)20;1-2-3;;;/h2-17H2,1H3,(H,19,20);3H,2H2,1H3;;;/q;;+2;2*-1. The summed E-state index contributed by atoms with van der Waals surface area (Å²) in [6.45, 7) is 4.20. The van der Waals surface area contributed by atoms with Crippen molar-refractivity contribution in [2.24, 2.45) is 0 Å². The van der Waals surface area contributed by atoms with Crippen LogP contribution in [0.1, 0.15) is 119 Å². The van der Waals surface area contributed by atoms with Crippen molar-refractivity contribution in [3.05, 3.63) is 0 Å². The first-order valence-electron chi connectivity index (χ1n) is 10.0. The van der Waals surface area contributed by atoms with Gasteiger partial charge in [-0.3, -0.25) is 4.79 Å². The molecule has 144 valence electrons. The van der Waals surface area contributed by atoms with Crippen molar-refractivity contribution in [3.8, 4) is 0 Å². The van der Waals surface area contributed by atoms with Crippen molar-refractivity contribution < 1.29 is 17.9 Å². The summed E-state index contributed by atoms with van der Waals surface area (Å²) in [5, 5.41) is 16.1. The Morgan fingerprint density at radius 3 is 1.17 bits per heavy atom. The van der Waals surface area contributed by atoms with Crippen LogP contribution in [-0.4, -0.2) is 60.5 Å². The molecular formula is C20H44CaO3. The van der Waals surface area contributed by atoms with Gasteiger partial charge in [0.05, 0.1) is 0 Å². The summed E-state index contributed by atoms with van der Waals surface area (Å²) >= 11 is 0. The third kappa shape index (κ3) is 34.1. The molecule has 0 radical (unpaired) electrons. The molecule has 2 N–H and O–H groups in total. The molecule has 0 unspecified atom stereocenters. The topological polar surface area (TPSA) is 57.5 Å². The Hall–Kier alpha value is 0.690. The molecule has 0 saturated carbocycles. The van der Waals surface area contributed by atoms with E-state index in [2.05, 4.69) is 6.92 Å². The van der Waals surface area contributed by atoms with E-state index >= 15 is 0 Å². The van der Waals surface area contributed by atoms with Crippen LogP contribution in [0.2, 0.25) is 0 Å². The second-order valence-corrected chi connectivity index (χ2v) is 6.41. The van der Waals surface area contributed by atoms with E-state index in [-0.39, 0.29) is 47.2 Å². The number of hydrogen-bond acceptors (Lipinski definition) is 2. The van der Waals surface area contributed by atoms with E-state index in [1.54, 1.807) is 6.92 Å². The number of aliphatic carboxylic acids is 1. The molecule has 24 heavy (non-hydrogen) atoms. The van der Waals surface area contributed by atoms with Crippen molar-refractivity contribution >= 4 is 43.7 Å². The van der Waals surface area contributed by atoms with Crippen molar-refractivity contribution in [1.82, 2.24) is 0 Å². The van der Waals surface area contributed by atoms with Gasteiger partial charge in [0.25, 0.3) is 0 Å². The number of carbonyl (C=O) groups is 1. The summed E-state index contributed by atoms with van der Waals surface area (Å²) in [5.74, 6) is -0.653. The molecule has 0 bridgehead atoms. The minimum Gasteiger partial charge on any atom is -1.00 e. The van der Waals surface area contributed by atoms with Crippen LogP contribution in [0.15, 0.2) is 0 Å². The largest absolute Gasteiger partial charge is 2.00 e. The number of aliphatic hydroxyl groups is 1. The van der Waals surface area contributed by atoms with Gasteiger partial charge >= 0.3 is 43.7 Å². The predicted octanol–water partition coefficient (Wildman–Crippen LogP) is 6.18. The van der Waals surface area contributed by atoms with Crippen LogP contribution in [-0.2, 0) is 4.79 Å². The number of carboxylic acid groups (broad SMARTS) is 1. The normalized spacial score (nSPS) is 9.79. The molecule has 0 aromatic carbocycles. The van der Waals surface area contributed by atoms with Crippen LogP contribution >= 0.6 is 0 Å². The van der Waals surface area contributed by atoms with Crippen molar-refractivity contribution in [3.63, 3.8) is 0 Å². The second-order valence-electron chi connectivity index (χ2n) is 6.41. The van der Waals surface area contributed by atoms with Crippen molar-refractivity contribution in [1.29, 1.82) is 0 Å². The Bertz CT molecular complexity index is 233. The average Bonchev–Trinajstić information content (AvgIpc) is 2.51. The fourth-order valence-electron chi connectivity index (χ4n) is 2.65. The molecule has 0 aromatic heterocycles. The molecule has 0 aromatic rings. The minimum absolute atomic E-state index is 0. The number of hydrogen-bond donors (Lipinski definition) is 2. The Labute approximate surface area is 184 Å². The third-order valence-electron chi connectivity index (χ3n) is 3.99. The fraction of sp³-hybridized carbons (Fsp3) is 0.950. The second kappa shape index (κ2) is 28.5. The molecule has 0 saturated heterocycles. The molecule has 0 spiro atoms. The number of carboxylic acids is 1. The molecule has 0 aliphatic carbocycles. The van der Waals surface area contributed by atoms with Crippen LogP contribution < -0.4 is 0 Å². The zero-order valence-electron chi connectivity index (χ0n) is 18.5. The molecule has 4 heteroatoms. The first kappa shape index (κ1) is 29.5. The van der Waals surface area contributed by atoms with Gasteiger partial charge < -0.3 is 13.1 Å². The first-order valence-corrected chi connectivity index (χ1v) is 10.0. The maximum absolute atomic E-state index is 10.3. The summed E-state index contributed by atoms with van der Waals surface area (Å²) in [6.07, 6.45) is 20.2. The molecule has 0 rings (SSSR count). The van der Waals surface area contributed by atoms with E-state index in [0.717, 1.165) is 12.8 Å². The minimum atomic E-state index is -0.653. The van der Waals surface area contributed by atoms with Crippen LogP contribution in [0.25, 0.3) is 0 Å². The van der Waals surface area contributed by atoms with Gasteiger partial charge in [-0.2, -0.15) is 0 Å². The summed E-state index contributed by atoms with van der Waals surface area (Å²) in [5.41, 5.74) is 0. The zero-order chi connectivity index (χ0) is 17.6. The summed E-state index contributed by atoms with van der Waals surface area (Å²) < 4.78 is 0. The van der Waals surface area contributed by atoms with Crippen LogP contribution in [0.3, 0.4) is 0 Å². The molecular weight excluding hydrogens is 328 g/mol. The van der Waals surface area contributed by atoms with E-state index < -0.39 is 5.97 Å². The Balaban J connectivity index is -0.000000228. The molecule has 0 heterocycles. The molecule has 0 aliphatic heterocycles. The summed E-state index contributed by atoms with van der Waals surface area (Å²) in [7, 11) is 0. The van der Waals surface area contributed by atoms with E-state index in [0.29, 0.717) is 6.42 Å². The van der Waals surface area contributed by atoms with Gasteiger partial charge in [-0.05, 0) is 13.3 Å². The van der Waals surface area contributed by atoms with Crippen LogP contribution in [0.5, 0.6) is 0 Å². The van der Waals surface area contributed by atoms with Gasteiger partial charge in [-0.1, -0.05) is 96.8 Å². The van der Waals surface area contributed by atoms with Gasteiger partial charge in [0.1, 0.15) is 0 Å². The maximum atomic E-state index is 10.3. The molecule has 0 fully saturated rings. The van der Waals surface area contributed by atoms with Crippen LogP contribution in [0.4, 0.5) is 0 Å². The van der Waals surface area contributed by atoms with E-state index in [1.165, 1.54) is 83.5 Å². The Kier molecular flexibility index (Phi) is 35.0. The van der Waals surface area contributed by atoms with Crippen molar-refractivity contribution in [2.45, 2.75) is 117 Å². The van der Waals surface area contributed by atoms with Gasteiger partial charge in [0.2, 0.25) is 0 Å². The van der Waals surface area contributed by atoms with E-state index in [9.17, 15) is 4.79 Å². The number of rotatable bonds is 16. The average molecular weight is 373 g/mol. The van der Waals surface area contributed by atoms with Gasteiger partial charge in [0, 0.05) is 13.0 Å². The van der Waals surface area contributed by atoms with Gasteiger partial charge in [-0.25, -0.2) is 0 Å². The smallest absolute Gasteiger partial charge is 1.00 e. The molecule has 0 atom stereocenters.